The molecule has 0 saturated carbocycles. The van der Waals surface area contributed by atoms with Crippen LogP contribution in [0.15, 0.2) is 17.1 Å². The van der Waals surface area contributed by atoms with E-state index in [0.717, 1.165) is 12.4 Å². The van der Waals surface area contributed by atoms with Crippen LogP contribution in [0.2, 0.25) is 0 Å². The van der Waals surface area contributed by atoms with Crippen LogP contribution in [0.4, 0.5) is 8.78 Å². The molecule has 0 bridgehead atoms. The van der Waals surface area contributed by atoms with Crippen LogP contribution in [-0.4, -0.2) is 28.7 Å². The summed E-state index contributed by atoms with van der Waals surface area (Å²) in [5, 5.41) is 0. The van der Waals surface area contributed by atoms with Crippen molar-refractivity contribution >= 4 is 21.9 Å². The van der Waals surface area contributed by atoms with E-state index in [-0.39, 0.29) is 17.1 Å². The number of hydrogen-bond donors (Lipinski definition) is 0. The Morgan fingerprint density at radius 1 is 1.50 bits per heavy atom. The molecule has 0 radical (unpaired) electrons. The highest BCUT2D eigenvalue weighted by Crippen LogP contribution is 2.22. The maximum Gasteiger partial charge on any atom is 0.502 e. The molecule has 1 heterocycles. The van der Waals surface area contributed by atoms with Crippen LogP contribution >= 0.6 is 15.9 Å². The van der Waals surface area contributed by atoms with Crippen molar-refractivity contribution in [2.24, 2.45) is 0 Å². The van der Waals surface area contributed by atoms with Crippen LogP contribution in [0.1, 0.15) is 6.92 Å². The largest absolute Gasteiger partial charge is 0.502 e. The van der Waals surface area contributed by atoms with E-state index in [2.05, 4.69) is 35.4 Å². The van der Waals surface area contributed by atoms with E-state index < -0.39 is 12.1 Å². The van der Waals surface area contributed by atoms with Gasteiger partial charge >= 0.3 is 12.1 Å². The molecule has 1 aromatic heterocycles. The predicted molar refractivity (Wildman–Crippen MR) is 51.9 cm³/mol. The fraction of sp³-hybridized carbons (Fsp3) is 0.375. The van der Waals surface area contributed by atoms with Crippen LogP contribution < -0.4 is 4.74 Å². The zero-order valence-corrected chi connectivity index (χ0v) is 9.70. The zero-order valence-electron chi connectivity index (χ0n) is 8.11. The minimum atomic E-state index is -4.05. The average molecular weight is 297 g/mol. The minimum absolute atomic E-state index is 0.158. The summed E-state index contributed by atoms with van der Waals surface area (Å²) in [5.74, 6) is -2.08. The lowest BCUT2D eigenvalue weighted by molar-refractivity contribution is -0.216. The Morgan fingerprint density at radius 3 is 2.56 bits per heavy atom. The normalized spacial score (nSPS) is 11.0. The summed E-state index contributed by atoms with van der Waals surface area (Å²) in [4.78, 5) is 17.9. The van der Waals surface area contributed by atoms with Crippen molar-refractivity contribution in [3.05, 3.63) is 17.1 Å². The highest BCUT2D eigenvalue weighted by molar-refractivity contribution is 9.10. The van der Waals surface area contributed by atoms with Crippen LogP contribution in [0.5, 0.6) is 5.75 Å². The Kier molecular flexibility index (Phi) is 4.11. The molecule has 0 aromatic carbocycles. The van der Waals surface area contributed by atoms with E-state index >= 15 is 0 Å². The Labute approximate surface area is 97.9 Å². The summed E-state index contributed by atoms with van der Waals surface area (Å²) < 4.78 is 34.5. The number of alkyl halides is 2. The van der Waals surface area contributed by atoms with Gasteiger partial charge in [-0.05, 0) is 22.9 Å². The average Bonchev–Trinajstić information content (AvgIpc) is 2.21. The molecule has 0 fully saturated rings. The first kappa shape index (κ1) is 12.8. The smallest absolute Gasteiger partial charge is 0.459 e. The van der Waals surface area contributed by atoms with Crippen LogP contribution in [-0.2, 0) is 9.53 Å². The Hall–Kier alpha value is -1.31. The molecule has 1 rings (SSSR count). The third-order valence-electron chi connectivity index (χ3n) is 1.36. The Bertz CT molecular complexity index is 372. The molecule has 16 heavy (non-hydrogen) atoms. The van der Waals surface area contributed by atoms with E-state index in [0.29, 0.717) is 0 Å². The topological polar surface area (TPSA) is 61.3 Å². The molecule has 8 heteroatoms. The fourth-order valence-electron chi connectivity index (χ4n) is 0.758. The lowest BCUT2D eigenvalue weighted by Gasteiger charge is -2.15. The number of ether oxygens (including phenoxy) is 2. The summed E-state index contributed by atoms with van der Waals surface area (Å²) >= 11 is 2.92. The molecule has 0 amide bonds. The SMILES string of the molecule is CCOC(=O)C(F)(F)Oc1cnc(Br)nc1. The lowest BCUT2D eigenvalue weighted by Crippen LogP contribution is -2.36. The monoisotopic (exact) mass is 296 g/mol. The number of aromatic nitrogens is 2. The van der Waals surface area contributed by atoms with Gasteiger partial charge in [0.15, 0.2) is 10.5 Å². The maximum atomic E-state index is 13.0. The third kappa shape index (κ3) is 3.37. The second-order valence-corrected chi connectivity index (χ2v) is 3.24. The molecule has 0 saturated heterocycles. The highest BCUT2D eigenvalue weighted by atomic mass is 79.9. The van der Waals surface area contributed by atoms with E-state index in [1.54, 1.807) is 0 Å². The second-order valence-electron chi connectivity index (χ2n) is 2.53. The van der Waals surface area contributed by atoms with Gasteiger partial charge in [0.25, 0.3) is 0 Å². The van der Waals surface area contributed by atoms with Gasteiger partial charge in [0.1, 0.15) is 0 Å². The Balaban J connectivity index is 2.72. The molecular formula is C8H7BrF2N2O3. The van der Waals surface area contributed by atoms with Crippen molar-refractivity contribution in [2.75, 3.05) is 6.61 Å². The van der Waals surface area contributed by atoms with Gasteiger partial charge in [0.2, 0.25) is 0 Å². The maximum absolute atomic E-state index is 13.0. The first-order chi connectivity index (χ1) is 7.45. The van der Waals surface area contributed by atoms with Gasteiger partial charge in [-0.25, -0.2) is 14.8 Å². The van der Waals surface area contributed by atoms with Gasteiger partial charge in [-0.2, -0.15) is 8.78 Å². The van der Waals surface area contributed by atoms with Crippen molar-refractivity contribution in [2.45, 2.75) is 13.0 Å². The molecule has 0 aliphatic rings. The molecule has 1 aromatic rings. The van der Waals surface area contributed by atoms with Crippen LogP contribution in [0.25, 0.3) is 0 Å². The second kappa shape index (κ2) is 5.15. The first-order valence-corrected chi connectivity index (χ1v) is 4.96. The molecule has 0 unspecified atom stereocenters. The first-order valence-electron chi connectivity index (χ1n) is 4.17. The van der Waals surface area contributed by atoms with Crippen molar-refractivity contribution in [1.29, 1.82) is 0 Å². The molecule has 0 N–H and O–H groups in total. The van der Waals surface area contributed by atoms with Crippen LogP contribution in [0.3, 0.4) is 0 Å². The number of nitrogens with zero attached hydrogens (tertiary/aromatic N) is 2. The number of rotatable bonds is 4. The summed E-state index contributed by atoms with van der Waals surface area (Å²) in [6.07, 6.45) is -2.04. The molecule has 0 aliphatic carbocycles. The minimum Gasteiger partial charge on any atom is -0.459 e. The van der Waals surface area contributed by atoms with Gasteiger partial charge < -0.3 is 9.47 Å². The molecular weight excluding hydrogens is 290 g/mol. The molecule has 5 nitrogen and oxygen atoms in total. The predicted octanol–water partition coefficient (Wildman–Crippen LogP) is 1.77. The quantitative estimate of drug-likeness (QED) is 0.626. The number of carbonyl (C=O) groups is 1. The molecule has 0 aliphatic heterocycles. The van der Waals surface area contributed by atoms with E-state index in [4.69, 9.17) is 0 Å². The van der Waals surface area contributed by atoms with Gasteiger partial charge in [-0.3, -0.25) is 0 Å². The summed E-state index contributed by atoms with van der Waals surface area (Å²) in [6.45, 7) is 1.26. The van der Waals surface area contributed by atoms with E-state index in [1.807, 2.05) is 0 Å². The lowest BCUT2D eigenvalue weighted by atomic mass is 10.5. The highest BCUT2D eigenvalue weighted by Gasteiger charge is 2.44. The molecule has 88 valence electrons. The van der Waals surface area contributed by atoms with Gasteiger partial charge in [-0.1, -0.05) is 0 Å². The fourth-order valence-corrected chi connectivity index (χ4v) is 0.963. The van der Waals surface area contributed by atoms with Gasteiger partial charge in [0.05, 0.1) is 19.0 Å². The molecule has 0 spiro atoms. The van der Waals surface area contributed by atoms with E-state index in [9.17, 15) is 13.6 Å². The van der Waals surface area contributed by atoms with Gasteiger partial charge in [0, 0.05) is 0 Å². The van der Waals surface area contributed by atoms with Crippen molar-refractivity contribution in [3.8, 4) is 5.75 Å². The third-order valence-corrected chi connectivity index (χ3v) is 1.77. The van der Waals surface area contributed by atoms with E-state index in [1.165, 1.54) is 6.92 Å². The number of hydrogen-bond acceptors (Lipinski definition) is 5. The summed E-state index contributed by atoms with van der Waals surface area (Å²) in [7, 11) is 0. The zero-order chi connectivity index (χ0) is 12.2. The number of halogens is 3. The van der Waals surface area contributed by atoms with Gasteiger partial charge in [-0.15, -0.1) is 0 Å². The summed E-state index contributed by atoms with van der Waals surface area (Å²) in [5.41, 5.74) is 0. The Morgan fingerprint density at radius 2 is 2.06 bits per heavy atom. The van der Waals surface area contributed by atoms with Crippen molar-refractivity contribution in [3.63, 3.8) is 0 Å². The number of esters is 1. The number of carbonyl (C=O) groups excluding carboxylic acids is 1. The standard InChI is InChI=1S/C8H7BrF2N2O3/c1-2-15-6(14)8(10,11)16-5-3-12-7(9)13-4-5/h3-4H,2H2,1H3. The van der Waals surface area contributed by atoms with Crippen molar-refractivity contribution < 1.29 is 23.0 Å². The van der Waals surface area contributed by atoms with Crippen LogP contribution in [0, 0.1) is 0 Å². The summed E-state index contributed by atoms with van der Waals surface area (Å²) in [6, 6.07) is 0. The molecule has 0 atom stereocenters. The van der Waals surface area contributed by atoms with Crippen molar-refractivity contribution in [1.82, 2.24) is 9.97 Å².